The summed E-state index contributed by atoms with van der Waals surface area (Å²) < 4.78 is 29.9. The van der Waals surface area contributed by atoms with E-state index >= 15 is 0 Å². The van der Waals surface area contributed by atoms with Gasteiger partial charge in [-0.05, 0) is 37.5 Å². The van der Waals surface area contributed by atoms with Crippen LogP contribution in [0.3, 0.4) is 0 Å². The number of aryl methyl sites for hydroxylation is 2. The largest absolute Gasteiger partial charge is 0.352 e. The molecule has 2 aromatic rings. The minimum Gasteiger partial charge on any atom is -0.352 e. The summed E-state index contributed by atoms with van der Waals surface area (Å²) in [5.41, 5.74) is 0.150. The Bertz CT molecular complexity index is 1050. The standard InChI is InChI=1S/C19H25N5O4S/c1-2-10-21-29(27,28)16-8-5-7-15(14-16)18(25)20-11-6-13-24-19(26)23-12-4-3-9-17(23)22-24/h2,5,7-8,14,21H,1,3-4,6,9-13H2,(H,20,25). The maximum absolute atomic E-state index is 12.3. The number of sulfonamides is 1. The third-order valence-electron chi connectivity index (χ3n) is 4.69. The Labute approximate surface area is 169 Å². The van der Waals surface area contributed by atoms with Crippen LogP contribution in [0.25, 0.3) is 0 Å². The average molecular weight is 420 g/mol. The molecule has 0 radical (unpaired) electrons. The van der Waals surface area contributed by atoms with E-state index in [1.54, 1.807) is 10.6 Å². The molecule has 1 aromatic carbocycles. The molecule has 0 atom stereocenters. The molecule has 1 aliphatic heterocycles. The van der Waals surface area contributed by atoms with Crippen molar-refractivity contribution in [1.82, 2.24) is 24.4 Å². The molecule has 1 amide bonds. The first-order chi connectivity index (χ1) is 13.9. The van der Waals surface area contributed by atoms with Crippen LogP contribution in [0.1, 0.15) is 35.4 Å². The van der Waals surface area contributed by atoms with Crippen molar-refractivity contribution in [2.24, 2.45) is 0 Å². The summed E-state index contributed by atoms with van der Waals surface area (Å²) >= 11 is 0. The second kappa shape index (κ2) is 9.19. The van der Waals surface area contributed by atoms with Gasteiger partial charge >= 0.3 is 5.69 Å². The van der Waals surface area contributed by atoms with Crippen molar-refractivity contribution in [3.63, 3.8) is 0 Å². The number of aromatic nitrogens is 3. The number of benzene rings is 1. The number of amides is 1. The Kier molecular flexibility index (Phi) is 6.65. The lowest BCUT2D eigenvalue weighted by Crippen LogP contribution is -2.29. The number of carbonyl (C=O) groups excluding carboxylic acids is 1. The molecule has 2 N–H and O–H groups in total. The molecule has 29 heavy (non-hydrogen) atoms. The number of fused-ring (bicyclic) bond motifs is 1. The van der Waals surface area contributed by atoms with Crippen LogP contribution in [0.15, 0.2) is 46.6 Å². The summed E-state index contributed by atoms with van der Waals surface area (Å²) in [7, 11) is -3.70. The predicted octanol–water partition coefficient (Wildman–Crippen LogP) is 0.665. The Morgan fingerprint density at radius 1 is 1.31 bits per heavy atom. The molecule has 0 unspecified atom stereocenters. The number of carbonyl (C=O) groups is 1. The normalized spacial score (nSPS) is 13.7. The van der Waals surface area contributed by atoms with Crippen LogP contribution in [0.4, 0.5) is 0 Å². The maximum Gasteiger partial charge on any atom is 0.345 e. The third kappa shape index (κ3) is 5.01. The van der Waals surface area contributed by atoms with E-state index < -0.39 is 10.0 Å². The van der Waals surface area contributed by atoms with Gasteiger partial charge in [0.1, 0.15) is 5.82 Å². The SMILES string of the molecule is C=CCNS(=O)(=O)c1cccc(C(=O)NCCCn2nc3n(c2=O)CCCC3)c1. The van der Waals surface area contributed by atoms with Gasteiger partial charge in [0, 0.05) is 38.2 Å². The number of hydrogen-bond acceptors (Lipinski definition) is 5. The van der Waals surface area contributed by atoms with Gasteiger partial charge in [-0.3, -0.25) is 9.36 Å². The van der Waals surface area contributed by atoms with Crippen LogP contribution < -0.4 is 15.7 Å². The zero-order valence-corrected chi connectivity index (χ0v) is 17.0. The van der Waals surface area contributed by atoms with E-state index in [-0.39, 0.29) is 28.6 Å². The van der Waals surface area contributed by atoms with Gasteiger partial charge in [-0.2, -0.15) is 5.10 Å². The van der Waals surface area contributed by atoms with Crippen LogP contribution in [-0.4, -0.2) is 41.8 Å². The molecule has 10 heteroatoms. The van der Waals surface area contributed by atoms with E-state index in [1.165, 1.54) is 29.0 Å². The lowest BCUT2D eigenvalue weighted by atomic mass is 10.2. The number of nitrogens with zero attached hydrogens (tertiary/aromatic N) is 3. The highest BCUT2D eigenvalue weighted by atomic mass is 32.2. The van der Waals surface area contributed by atoms with Gasteiger partial charge in [-0.15, -0.1) is 6.58 Å². The van der Waals surface area contributed by atoms with Gasteiger partial charge in [0.2, 0.25) is 10.0 Å². The molecule has 1 aromatic heterocycles. The molecule has 2 heterocycles. The minimum absolute atomic E-state index is 0.0159. The molecule has 3 rings (SSSR count). The molecular weight excluding hydrogens is 394 g/mol. The monoisotopic (exact) mass is 419 g/mol. The topological polar surface area (TPSA) is 115 Å². The van der Waals surface area contributed by atoms with Crippen molar-refractivity contribution < 1.29 is 13.2 Å². The van der Waals surface area contributed by atoms with Gasteiger partial charge in [0.05, 0.1) is 4.90 Å². The summed E-state index contributed by atoms with van der Waals surface area (Å²) in [5.74, 6) is 0.454. The summed E-state index contributed by atoms with van der Waals surface area (Å²) in [6, 6.07) is 5.83. The van der Waals surface area contributed by atoms with Crippen molar-refractivity contribution >= 4 is 15.9 Å². The fourth-order valence-electron chi connectivity index (χ4n) is 3.18. The first kappa shape index (κ1) is 21.0. The Morgan fingerprint density at radius 3 is 2.90 bits per heavy atom. The zero-order chi connectivity index (χ0) is 20.9. The average Bonchev–Trinajstić information content (AvgIpc) is 3.05. The summed E-state index contributed by atoms with van der Waals surface area (Å²) in [6.07, 6.45) is 4.84. The molecule has 0 saturated carbocycles. The van der Waals surface area contributed by atoms with Gasteiger partial charge in [0.15, 0.2) is 0 Å². The van der Waals surface area contributed by atoms with E-state index in [0.717, 1.165) is 25.1 Å². The fourth-order valence-corrected chi connectivity index (χ4v) is 4.23. The van der Waals surface area contributed by atoms with Crippen molar-refractivity contribution in [2.45, 2.75) is 43.7 Å². The van der Waals surface area contributed by atoms with E-state index in [1.807, 2.05) is 0 Å². The molecule has 0 bridgehead atoms. The van der Waals surface area contributed by atoms with E-state index in [9.17, 15) is 18.0 Å². The Balaban J connectivity index is 1.55. The van der Waals surface area contributed by atoms with Gasteiger partial charge in [-0.1, -0.05) is 12.1 Å². The Hall–Kier alpha value is -2.72. The van der Waals surface area contributed by atoms with Gasteiger partial charge in [0.25, 0.3) is 5.91 Å². The van der Waals surface area contributed by atoms with Crippen LogP contribution in [0.5, 0.6) is 0 Å². The molecule has 156 valence electrons. The molecule has 0 saturated heterocycles. The molecule has 9 nitrogen and oxygen atoms in total. The number of nitrogens with one attached hydrogen (secondary N) is 2. The van der Waals surface area contributed by atoms with E-state index in [2.05, 4.69) is 21.7 Å². The zero-order valence-electron chi connectivity index (χ0n) is 16.1. The van der Waals surface area contributed by atoms with Crippen LogP contribution in [0.2, 0.25) is 0 Å². The molecule has 0 spiro atoms. The second-order valence-corrected chi connectivity index (χ2v) is 8.58. The minimum atomic E-state index is -3.70. The van der Waals surface area contributed by atoms with Crippen LogP contribution >= 0.6 is 0 Å². The highest BCUT2D eigenvalue weighted by Gasteiger charge is 2.17. The molecule has 0 aliphatic carbocycles. The quantitative estimate of drug-likeness (QED) is 0.458. The van der Waals surface area contributed by atoms with E-state index in [4.69, 9.17) is 0 Å². The summed E-state index contributed by atoms with van der Waals surface area (Å²) in [4.78, 5) is 24.6. The van der Waals surface area contributed by atoms with E-state index in [0.29, 0.717) is 26.1 Å². The summed E-state index contributed by atoms with van der Waals surface area (Å²) in [6.45, 7) is 5.06. The predicted molar refractivity (Wildman–Crippen MR) is 108 cm³/mol. The highest BCUT2D eigenvalue weighted by Crippen LogP contribution is 2.12. The van der Waals surface area contributed by atoms with Crippen LogP contribution in [-0.2, 0) is 29.5 Å². The molecule has 0 fully saturated rings. The van der Waals surface area contributed by atoms with Gasteiger partial charge < -0.3 is 5.32 Å². The lowest BCUT2D eigenvalue weighted by Gasteiger charge is -2.09. The molecular formula is C19H25N5O4S. The van der Waals surface area contributed by atoms with Crippen molar-refractivity contribution in [2.75, 3.05) is 13.1 Å². The number of hydrogen-bond donors (Lipinski definition) is 2. The lowest BCUT2D eigenvalue weighted by molar-refractivity contribution is 0.0952. The highest BCUT2D eigenvalue weighted by molar-refractivity contribution is 7.89. The van der Waals surface area contributed by atoms with Crippen molar-refractivity contribution in [1.29, 1.82) is 0 Å². The maximum atomic E-state index is 12.3. The smallest absolute Gasteiger partial charge is 0.345 e. The Morgan fingerprint density at radius 2 is 2.14 bits per heavy atom. The molecule has 1 aliphatic rings. The van der Waals surface area contributed by atoms with Crippen LogP contribution in [0, 0.1) is 0 Å². The number of rotatable bonds is 9. The van der Waals surface area contributed by atoms with Gasteiger partial charge in [-0.25, -0.2) is 22.6 Å². The second-order valence-electron chi connectivity index (χ2n) is 6.81. The first-order valence-electron chi connectivity index (χ1n) is 9.58. The van der Waals surface area contributed by atoms with Crippen molar-refractivity contribution in [3.05, 3.63) is 58.8 Å². The third-order valence-corrected chi connectivity index (χ3v) is 6.11. The first-order valence-corrected chi connectivity index (χ1v) is 11.1. The summed E-state index contributed by atoms with van der Waals surface area (Å²) in [5, 5.41) is 7.11. The van der Waals surface area contributed by atoms with Crippen molar-refractivity contribution in [3.8, 4) is 0 Å². The fraction of sp³-hybridized carbons (Fsp3) is 0.421.